The van der Waals surface area contributed by atoms with E-state index in [1.54, 1.807) is 11.8 Å². The lowest BCUT2D eigenvalue weighted by Gasteiger charge is -2.10. The molecule has 0 radical (unpaired) electrons. The van der Waals surface area contributed by atoms with E-state index in [1.165, 1.54) is 16.7 Å². The summed E-state index contributed by atoms with van der Waals surface area (Å²) in [6, 6.07) is 15.3. The Morgan fingerprint density at radius 1 is 1.06 bits per heavy atom. The molecule has 0 saturated carbocycles. The largest absolute Gasteiger partial charge is 0.354 e. The Morgan fingerprint density at radius 2 is 1.82 bits per heavy atom. The number of hydrogen-bond donors (Lipinski definition) is 1. The Balaban J connectivity index is 1.50. The summed E-state index contributed by atoms with van der Waals surface area (Å²) < 4.78 is 2.24. The number of carbonyl (C=O) groups excluding carboxylic acids is 1. The minimum Gasteiger partial charge on any atom is -0.354 e. The van der Waals surface area contributed by atoms with Gasteiger partial charge in [0.1, 0.15) is 5.52 Å². The van der Waals surface area contributed by atoms with E-state index < -0.39 is 0 Å². The number of hydrogen-bond acceptors (Lipinski definition) is 5. The number of fused-ring (bicyclic) bond motifs is 3. The van der Waals surface area contributed by atoms with E-state index in [2.05, 4.69) is 83.3 Å². The van der Waals surface area contributed by atoms with E-state index in [1.807, 2.05) is 6.92 Å². The van der Waals surface area contributed by atoms with Crippen LogP contribution in [0.25, 0.3) is 22.1 Å². The molecule has 7 heteroatoms. The topological polar surface area (TPSA) is 72.7 Å². The monoisotopic (exact) mass is 475 g/mol. The number of thioether (sulfide) groups is 1. The van der Waals surface area contributed by atoms with Crippen LogP contribution in [0.3, 0.4) is 0 Å². The predicted octanol–water partition coefficient (Wildman–Crippen LogP) is 5.82. The zero-order valence-corrected chi connectivity index (χ0v) is 21.3. The van der Waals surface area contributed by atoms with Crippen molar-refractivity contribution in [3.63, 3.8) is 0 Å². The van der Waals surface area contributed by atoms with Gasteiger partial charge in [-0.1, -0.05) is 60.1 Å². The lowest BCUT2D eigenvalue weighted by Crippen LogP contribution is -2.31. The molecule has 2 aromatic heterocycles. The van der Waals surface area contributed by atoms with Crippen molar-refractivity contribution >= 4 is 39.7 Å². The number of nitrogens with zero attached hydrogens (tertiary/aromatic N) is 4. The van der Waals surface area contributed by atoms with Gasteiger partial charge in [0.15, 0.2) is 5.65 Å². The predicted molar refractivity (Wildman–Crippen MR) is 140 cm³/mol. The van der Waals surface area contributed by atoms with Gasteiger partial charge in [-0.15, -0.1) is 10.2 Å². The number of nitrogens with one attached hydrogen (secondary N) is 1. The molecule has 1 N–H and O–H groups in total. The van der Waals surface area contributed by atoms with Gasteiger partial charge in [-0.25, -0.2) is 4.98 Å². The maximum atomic E-state index is 12.0. The molecule has 4 aromatic rings. The van der Waals surface area contributed by atoms with Crippen LogP contribution in [0.2, 0.25) is 0 Å². The molecule has 0 aliphatic rings. The number of aryl methyl sites for hydroxylation is 2. The van der Waals surface area contributed by atoms with Crippen molar-refractivity contribution in [3.8, 4) is 0 Å². The van der Waals surface area contributed by atoms with Crippen LogP contribution in [0.1, 0.15) is 56.2 Å². The summed E-state index contributed by atoms with van der Waals surface area (Å²) in [4.78, 5) is 16.9. The first kappa shape index (κ1) is 24.2. The molecule has 0 fully saturated rings. The molecule has 1 amide bonds. The second-order valence-corrected chi connectivity index (χ2v) is 10.1. The number of unbranched alkanes of at least 4 members (excludes halogenated alkanes) is 1. The summed E-state index contributed by atoms with van der Waals surface area (Å²) in [5.74, 6) is 0.996. The standard InChI is InChI=1S/C27H33N5OS/c1-5-20(4)28-24(33)8-6-7-15-34-27-29-26-25(30-31-27)22-16-19(3)11-14-23(22)32(26)17-21-12-9-18(2)10-13-21/h9-14,16,20H,5-8,15,17H2,1-4H3,(H,28,33)/t20-/m1/s1. The third-order valence-electron chi connectivity index (χ3n) is 6.11. The van der Waals surface area contributed by atoms with Crippen LogP contribution >= 0.6 is 11.8 Å². The number of rotatable bonds is 10. The number of aromatic nitrogens is 4. The molecule has 4 rings (SSSR count). The first-order chi connectivity index (χ1) is 16.4. The summed E-state index contributed by atoms with van der Waals surface area (Å²) in [7, 11) is 0. The molecule has 0 spiro atoms. The average Bonchev–Trinajstić information content (AvgIpc) is 3.12. The second kappa shape index (κ2) is 11.0. The smallest absolute Gasteiger partial charge is 0.220 e. The van der Waals surface area contributed by atoms with Gasteiger partial charge in [-0.2, -0.15) is 0 Å². The third-order valence-corrected chi connectivity index (χ3v) is 7.04. The summed E-state index contributed by atoms with van der Waals surface area (Å²) >= 11 is 1.61. The van der Waals surface area contributed by atoms with Crippen LogP contribution in [-0.4, -0.2) is 37.5 Å². The van der Waals surface area contributed by atoms with Gasteiger partial charge < -0.3 is 9.88 Å². The van der Waals surface area contributed by atoms with Crippen LogP contribution in [0.5, 0.6) is 0 Å². The lowest BCUT2D eigenvalue weighted by atomic mass is 10.1. The molecular weight excluding hydrogens is 442 g/mol. The minimum atomic E-state index is 0.134. The first-order valence-electron chi connectivity index (χ1n) is 12.1. The number of carbonyl (C=O) groups is 1. The van der Waals surface area contributed by atoms with Crippen LogP contribution in [0, 0.1) is 13.8 Å². The van der Waals surface area contributed by atoms with E-state index >= 15 is 0 Å². The van der Waals surface area contributed by atoms with Crippen molar-refractivity contribution in [3.05, 3.63) is 59.2 Å². The molecule has 0 saturated heterocycles. The zero-order chi connectivity index (χ0) is 24.1. The van der Waals surface area contributed by atoms with Crippen molar-refractivity contribution in [1.82, 2.24) is 25.1 Å². The first-order valence-corrected chi connectivity index (χ1v) is 13.0. The summed E-state index contributed by atoms with van der Waals surface area (Å²) in [5, 5.41) is 13.8. The molecular formula is C27H33N5OS. The Bertz CT molecular complexity index is 1280. The minimum absolute atomic E-state index is 0.134. The Labute approximate surface area is 205 Å². The van der Waals surface area contributed by atoms with Crippen molar-refractivity contribution in [2.24, 2.45) is 0 Å². The van der Waals surface area contributed by atoms with Crippen molar-refractivity contribution in [2.45, 2.75) is 71.1 Å². The molecule has 0 bridgehead atoms. The van der Waals surface area contributed by atoms with Gasteiger partial charge in [-0.05, 0) is 57.7 Å². The van der Waals surface area contributed by atoms with Gasteiger partial charge >= 0.3 is 0 Å². The average molecular weight is 476 g/mol. The number of amides is 1. The van der Waals surface area contributed by atoms with E-state index in [4.69, 9.17) is 4.98 Å². The van der Waals surface area contributed by atoms with Crippen LogP contribution in [0.15, 0.2) is 47.6 Å². The van der Waals surface area contributed by atoms with Gasteiger partial charge in [-0.3, -0.25) is 4.79 Å². The molecule has 2 heterocycles. The van der Waals surface area contributed by atoms with Crippen LogP contribution < -0.4 is 5.32 Å². The molecule has 2 aromatic carbocycles. The third kappa shape index (κ3) is 5.76. The highest BCUT2D eigenvalue weighted by atomic mass is 32.2. The van der Waals surface area contributed by atoms with Crippen LogP contribution in [-0.2, 0) is 11.3 Å². The molecule has 6 nitrogen and oxygen atoms in total. The van der Waals surface area contributed by atoms with Gasteiger partial charge in [0, 0.05) is 30.1 Å². The molecule has 1 atom stereocenters. The second-order valence-electron chi connectivity index (χ2n) is 9.04. The Morgan fingerprint density at radius 3 is 2.59 bits per heavy atom. The molecule has 0 aliphatic heterocycles. The zero-order valence-electron chi connectivity index (χ0n) is 20.5. The SMILES string of the molecule is CC[C@@H](C)NC(=O)CCCCSc1nnc2c3cc(C)ccc3n(Cc3ccc(C)cc3)c2n1. The summed E-state index contributed by atoms with van der Waals surface area (Å²) in [6.45, 7) is 9.04. The van der Waals surface area contributed by atoms with E-state index in [0.717, 1.165) is 53.6 Å². The quantitative estimate of drug-likeness (QED) is 0.231. The van der Waals surface area contributed by atoms with Crippen molar-refractivity contribution in [1.29, 1.82) is 0 Å². The van der Waals surface area contributed by atoms with Crippen molar-refractivity contribution in [2.75, 3.05) is 5.75 Å². The van der Waals surface area contributed by atoms with Gasteiger partial charge in [0.25, 0.3) is 0 Å². The van der Waals surface area contributed by atoms with E-state index in [0.29, 0.717) is 11.6 Å². The lowest BCUT2D eigenvalue weighted by molar-refractivity contribution is -0.121. The molecule has 34 heavy (non-hydrogen) atoms. The highest BCUT2D eigenvalue weighted by Crippen LogP contribution is 2.29. The molecule has 0 unspecified atom stereocenters. The summed E-state index contributed by atoms with van der Waals surface area (Å²) in [5.41, 5.74) is 6.51. The molecule has 178 valence electrons. The fraction of sp³-hybridized carbons (Fsp3) is 0.407. The molecule has 0 aliphatic carbocycles. The Hall–Kier alpha value is -2.93. The van der Waals surface area contributed by atoms with Crippen LogP contribution in [0.4, 0.5) is 0 Å². The van der Waals surface area contributed by atoms with Gasteiger partial charge in [0.05, 0.1) is 5.52 Å². The van der Waals surface area contributed by atoms with E-state index in [9.17, 15) is 4.79 Å². The summed E-state index contributed by atoms with van der Waals surface area (Å²) in [6.07, 6.45) is 3.31. The highest BCUT2D eigenvalue weighted by molar-refractivity contribution is 7.99. The fourth-order valence-electron chi connectivity index (χ4n) is 3.95. The number of benzene rings is 2. The maximum absolute atomic E-state index is 12.0. The van der Waals surface area contributed by atoms with Gasteiger partial charge in [0.2, 0.25) is 11.1 Å². The Kier molecular flexibility index (Phi) is 7.83. The van der Waals surface area contributed by atoms with Crippen molar-refractivity contribution < 1.29 is 4.79 Å². The maximum Gasteiger partial charge on any atom is 0.220 e. The van der Waals surface area contributed by atoms with E-state index in [-0.39, 0.29) is 11.9 Å². The highest BCUT2D eigenvalue weighted by Gasteiger charge is 2.16. The normalized spacial score (nSPS) is 12.4. The fourth-order valence-corrected chi connectivity index (χ4v) is 4.73.